The van der Waals surface area contributed by atoms with Crippen LogP contribution in [0.3, 0.4) is 0 Å². The summed E-state index contributed by atoms with van der Waals surface area (Å²) in [4.78, 5) is 12.1. The predicted molar refractivity (Wildman–Crippen MR) is 82.5 cm³/mol. The predicted octanol–water partition coefficient (Wildman–Crippen LogP) is 2.63. The summed E-state index contributed by atoms with van der Waals surface area (Å²) < 4.78 is 38.1. The number of carbonyl (C=O) groups excluding carboxylic acids is 1. The standard InChI is InChI=1S/C16H14FNO3S/c1-18-22(20,21)15-9-5-13(6-10-15)16(19)11-4-12-2-7-14(17)8-3-12/h2-11,18H,1H3/b11-4+. The maximum absolute atomic E-state index is 12.8. The molecule has 0 fully saturated rings. The minimum absolute atomic E-state index is 0.0917. The second-order valence-electron chi connectivity index (χ2n) is 4.48. The maximum atomic E-state index is 12.8. The van der Waals surface area contributed by atoms with Crippen LogP contribution in [0, 0.1) is 5.82 Å². The molecule has 22 heavy (non-hydrogen) atoms. The zero-order valence-corrected chi connectivity index (χ0v) is 12.6. The highest BCUT2D eigenvalue weighted by Gasteiger charge is 2.11. The van der Waals surface area contributed by atoms with Gasteiger partial charge in [0.1, 0.15) is 5.82 Å². The van der Waals surface area contributed by atoms with Crippen molar-refractivity contribution >= 4 is 21.9 Å². The van der Waals surface area contributed by atoms with Gasteiger partial charge in [-0.05, 0) is 55.1 Å². The van der Waals surface area contributed by atoms with Crippen LogP contribution in [0.2, 0.25) is 0 Å². The molecule has 0 aliphatic carbocycles. The van der Waals surface area contributed by atoms with Gasteiger partial charge in [0.2, 0.25) is 10.0 Å². The van der Waals surface area contributed by atoms with Crippen LogP contribution in [0.5, 0.6) is 0 Å². The van der Waals surface area contributed by atoms with Crippen molar-refractivity contribution in [1.82, 2.24) is 4.72 Å². The average molecular weight is 319 g/mol. The van der Waals surface area contributed by atoms with Crippen LogP contribution >= 0.6 is 0 Å². The van der Waals surface area contributed by atoms with E-state index in [9.17, 15) is 17.6 Å². The van der Waals surface area contributed by atoms with Gasteiger partial charge in [-0.15, -0.1) is 0 Å². The van der Waals surface area contributed by atoms with E-state index in [4.69, 9.17) is 0 Å². The molecule has 0 amide bonds. The van der Waals surface area contributed by atoms with Gasteiger partial charge in [0.25, 0.3) is 0 Å². The van der Waals surface area contributed by atoms with Crippen LogP contribution in [0.4, 0.5) is 4.39 Å². The Balaban J connectivity index is 2.15. The molecule has 0 aliphatic rings. The number of sulfonamides is 1. The van der Waals surface area contributed by atoms with Crippen molar-refractivity contribution in [3.8, 4) is 0 Å². The molecule has 2 aromatic rings. The second-order valence-corrected chi connectivity index (χ2v) is 6.37. The highest BCUT2D eigenvalue weighted by atomic mass is 32.2. The third-order valence-corrected chi connectivity index (χ3v) is 4.45. The van der Waals surface area contributed by atoms with Crippen LogP contribution in [-0.2, 0) is 10.0 Å². The van der Waals surface area contributed by atoms with Gasteiger partial charge in [-0.2, -0.15) is 0 Å². The maximum Gasteiger partial charge on any atom is 0.240 e. The van der Waals surface area contributed by atoms with Crippen molar-refractivity contribution < 1.29 is 17.6 Å². The summed E-state index contributed by atoms with van der Waals surface area (Å²) in [6.07, 6.45) is 2.93. The van der Waals surface area contributed by atoms with E-state index < -0.39 is 10.0 Å². The fourth-order valence-electron chi connectivity index (χ4n) is 1.76. The Morgan fingerprint density at radius 1 is 1.05 bits per heavy atom. The number of benzene rings is 2. The van der Waals surface area contributed by atoms with Gasteiger partial charge in [-0.1, -0.05) is 18.2 Å². The van der Waals surface area contributed by atoms with Gasteiger partial charge < -0.3 is 0 Å². The first-order valence-electron chi connectivity index (χ1n) is 6.44. The Labute approximate surface area is 128 Å². The molecular formula is C16H14FNO3S. The highest BCUT2D eigenvalue weighted by molar-refractivity contribution is 7.89. The first-order valence-corrected chi connectivity index (χ1v) is 7.92. The van der Waals surface area contributed by atoms with Gasteiger partial charge >= 0.3 is 0 Å². The summed E-state index contributed by atoms with van der Waals surface area (Å²) in [5, 5.41) is 0. The zero-order valence-electron chi connectivity index (χ0n) is 11.8. The lowest BCUT2D eigenvalue weighted by Crippen LogP contribution is -2.18. The van der Waals surface area contributed by atoms with Crippen molar-refractivity contribution in [3.63, 3.8) is 0 Å². The normalized spacial score (nSPS) is 11.7. The molecule has 0 unspecified atom stereocenters. The average Bonchev–Trinajstić information content (AvgIpc) is 2.54. The number of hydrogen-bond acceptors (Lipinski definition) is 3. The Bertz CT molecular complexity index is 794. The van der Waals surface area contributed by atoms with E-state index in [1.807, 2.05) is 0 Å². The second kappa shape index (κ2) is 6.64. The largest absolute Gasteiger partial charge is 0.289 e. The van der Waals surface area contributed by atoms with E-state index in [0.29, 0.717) is 11.1 Å². The molecule has 0 radical (unpaired) electrons. The first-order chi connectivity index (χ1) is 10.4. The lowest BCUT2D eigenvalue weighted by atomic mass is 10.1. The van der Waals surface area contributed by atoms with Crippen molar-refractivity contribution in [2.45, 2.75) is 4.90 Å². The van der Waals surface area contributed by atoms with Gasteiger partial charge in [0.15, 0.2) is 5.78 Å². The van der Waals surface area contributed by atoms with E-state index in [1.165, 1.54) is 49.5 Å². The number of ketones is 1. The van der Waals surface area contributed by atoms with Crippen molar-refractivity contribution in [2.24, 2.45) is 0 Å². The third-order valence-electron chi connectivity index (χ3n) is 3.02. The van der Waals surface area contributed by atoms with Gasteiger partial charge in [-0.3, -0.25) is 4.79 Å². The van der Waals surface area contributed by atoms with E-state index in [0.717, 1.165) is 0 Å². The molecule has 0 aliphatic heterocycles. The van der Waals surface area contributed by atoms with Crippen LogP contribution < -0.4 is 4.72 Å². The lowest BCUT2D eigenvalue weighted by Gasteiger charge is -2.02. The summed E-state index contributed by atoms with van der Waals surface area (Å²) in [5.74, 6) is -0.609. The molecule has 0 saturated carbocycles. The molecule has 1 N–H and O–H groups in total. The smallest absolute Gasteiger partial charge is 0.240 e. The highest BCUT2D eigenvalue weighted by Crippen LogP contribution is 2.12. The SMILES string of the molecule is CNS(=O)(=O)c1ccc(C(=O)/C=C/c2ccc(F)cc2)cc1. The molecule has 0 aromatic heterocycles. The molecule has 0 atom stereocenters. The summed E-state index contributed by atoms with van der Waals surface area (Å²) in [5.41, 5.74) is 1.07. The van der Waals surface area contributed by atoms with Crippen LogP contribution in [-0.4, -0.2) is 21.2 Å². The molecule has 0 saturated heterocycles. The summed E-state index contributed by atoms with van der Waals surface area (Å²) >= 11 is 0. The number of allylic oxidation sites excluding steroid dienone is 1. The van der Waals surface area contributed by atoms with Crippen molar-refractivity contribution in [2.75, 3.05) is 7.05 Å². The summed E-state index contributed by atoms with van der Waals surface area (Å²) in [7, 11) is -2.20. The van der Waals surface area contributed by atoms with Crippen LogP contribution in [0.1, 0.15) is 15.9 Å². The lowest BCUT2D eigenvalue weighted by molar-refractivity contribution is 0.104. The van der Waals surface area contributed by atoms with Gasteiger partial charge in [0.05, 0.1) is 4.90 Å². The van der Waals surface area contributed by atoms with E-state index in [1.54, 1.807) is 18.2 Å². The monoisotopic (exact) mass is 319 g/mol. The summed E-state index contributed by atoms with van der Waals surface area (Å²) in [6, 6.07) is 11.4. The zero-order chi connectivity index (χ0) is 16.2. The molecule has 6 heteroatoms. The molecular weight excluding hydrogens is 305 g/mol. The topological polar surface area (TPSA) is 63.2 Å². The number of rotatable bonds is 5. The van der Waals surface area contributed by atoms with E-state index in [2.05, 4.69) is 4.72 Å². The van der Waals surface area contributed by atoms with Crippen molar-refractivity contribution in [3.05, 3.63) is 71.6 Å². The minimum atomic E-state index is -3.51. The Kier molecular flexibility index (Phi) is 4.85. The quantitative estimate of drug-likeness (QED) is 0.681. The Morgan fingerprint density at radius 3 is 2.18 bits per heavy atom. The number of nitrogens with one attached hydrogen (secondary N) is 1. The first kappa shape index (κ1) is 16.1. The molecule has 4 nitrogen and oxygen atoms in total. The Morgan fingerprint density at radius 2 is 1.64 bits per heavy atom. The molecule has 114 valence electrons. The fraction of sp³-hybridized carbons (Fsp3) is 0.0625. The third kappa shape index (κ3) is 3.87. The number of carbonyl (C=O) groups is 1. The summed E-state index contributed by atoms with van der Waals surface area (Å²) in [6.45, 7) is 0. The molecule has 0 heterocycles. The van der Waals surface area contributed by atoms with E-state index >= 15 is 0 Å². The van der Waals surface area contributed by atoms with Crippen LogP contribution in [0.15, 0.2) is 59.5 Å². The molecule has 2 rings (SSSR count). The van der Waals surface area contributed by atoms with E-state index in [-0.39, 0.29) is 16.5 Å². The van der Waals surface area contributed by atoms with Gasteiger partial charge in [0, 0.05) is 5.56 Å². The Hall–Kier alpha value is -2.31. The van der Waals surface area contributed by atoms with Crippen LogP contribution in [0.25, 0.3) is 6.08 Å². The molecule has 0 bridgehead atoms. The van der Waals surface area contributed by atoms with Crippen molar-refractivity contribution in [1.29, 1.82) is 0 Å². The number of halogens is 1. The number of hydrogen-bond donors (Lipinski definition) is 1. The molecule has 2 aromatic carbocycles. The minimum Gasteiger partial charge on any atom is -0.289 e. The molecule has 0 spiro atoms. The fourth-order valence-corrected chi connectivity index (χ4v) is 2.49. The van der Waals surface area contributed by atoms with Gasteiger partial charge in [-0.25, -0.2) is 17.5 Å².